The van der Waals surface area contributed by atoms with Gasteiger partial charge in [0.05, 0.1) is 6.26 Å². The minimum absolute atomic E-state index is 0.0112. The van der Waals surface area contributed by atoms with Crippen LogP contribution < -0.4 is 5.32 Å². The summed E-state index contributed by atoms with van der Waals surface area (Å²) in [7, 11) is 0. The average Bonchev–Trinajstić information content (AvgIpc) is 3.13. The second-order valence-electron chi connectivity index (χ2n) is 5.56. The molecule has 0 saturated carbocycles. The van der Waals surface area contributed by atoms with Crippen molar-refractivity contribution in [3.63, 3.8) is 0 Å². The van der Waals surface area contributed by atoms with Gasteiger partial charge in [-0.1, -0.05) is 6.07 Å². The fourth-order valence-corrected chi connectivity index (χ4v) is 3.30. The normalized spacial score (nSPS) is 28.9. The summed E-state index contributed by atoms with van der Waals surface area (Å²) < 4.78 is 5.34. The fraction of sp³-hybridized carbons (Fsp3) is 0.400. The van der Waals surface area contributed by atoms with Crippen LogP contribution in [0.1, 0.15) is 16.8 Å². The van der Waals surface area contributed by atoms with Crippen LogP contribution in [0.3, 0.4) is 0 Å². The number of nitrogens with one attached hydrogen (secondary N) is 1. The van der Waals surface area contributed by atoms with Crippen LogP contribution in [-0.2, 0) is 0 Å². The minimum Gasteiger partial charge on any atom is -0.464 e. The van der Waals surface area contributed by atoms with Gasteiger partial charge in [-0.15, -0.1) is 0 Å². The molecule has 2 bridgehead atoms. The molecule has 2 aliphatic rings. The molecule has 0 radical (unpaired) electrons. The predicted molar refractivity (Wildman–Crippen MR) is 72.0 cm³/mol. The monoisotopic (exact) mass is 256 g/mol. The van der Waals surface area contributed by atoms with Crippen molar-refractivity contribution in [1.29, 1.82) is 0 Å². The van der Waals surface area contributed by atoms with Crippen molar-refractivity contribution in [1.82, 2.24) is 10.2 Å². The summed E-state index contributed by atoms with van der Waals surface area (Å²) in [5, 5.41) is 4.19. The number of rotatable bonds is 2. The molecule has 1 amide bonds. The number of hydrogen-bond donors (Lipinski definition) is 1. The van der Waals surface area contributed by atoms with E-state index in [1.54, 1.807) is 6.26 Å². The quantitative estimate of drug-likeness (QED) is 0.892. The third kappa shape index (κ3) is 1.83. The van der Waals surface area contributed by atoms with Gasteiger partial charge in [0, 0.05) is 30.1 Å². The van der Waals surface area contributed by atoms with Crippen molar-refractivity contribution in [3.8, 4) is 0 Å². The maximum atomic E-state index is 12.3. The third-order valence-electron chi connectivity index (χ3n) is 4.37. The second kappa shape index (κ2) is 4.10. The molecule has 3 atom stereocenters. The standard InChI is InChI=1S/C15H16N2O2/c18-15(16-13-9-17-5-3-12(13)8-17)11-2-1-10-4-6-19-14(10)7-11/h1-2,4,6-7,12-13H,3,5,8-9H2,(H,16,18)/t12?,13-/m0/s1. The Bertz CT molecular complexity index is 634. The smallest absolute Gasteiger partial charge is 0.251 e. The number of fused-ring (bicyclic) bond motifs is 3. The topological polar surface area (TPSA) is 45.5 Å². The molecule has 0 aliphatic carbocycles. The molecule has 2 unspecified atom stereocenters. The SMILES string of the molecule is O=C(N[C@H]1CN2CCC1C2)c1ccc2ccoc2c1. The largest absolute Gasteiger partial charge is 0.464 e. The van der Waals surface area contributed by atoms with Gasteiger partial charge in [-0.05, 0) is 37.1 Å². The molecule has 2 aromatic rings. The molecule has 1 N–H and O–H groups in total. The van der Waals surface area contributed by atoms with Crippen LogP contribution in [0.5, 0.6) is 0 Å². The summed E-state index contributed by atoms with van der Waals surface area (Å²) >= 11 is 0. The lowest BCUT2D eigenvalue weighted by Crippen LogP contribution is -2.43. The van der Waals surface area contributed by atoms with E-state index in [9.17, 15) is 4.79 Å². The number of carbonyl (C=O) groups excluding carboxylic acids is 1. The van der Waals surface area contributed by atoms with Crippen LogP contribution in [0.15, 0.2) is 34.9 Å². The number of furan rings is 1. The highest BCUT2D eigenvalue weighted by molar-refractivity contribution is 5.97. The van der Waals surface area contributed by atoms with Crippen LogP contribution in [0.25, 0.3) is 11.0 Å². The van der Waals surface area contributed by atoms with Gasteiger partial charge in [-0.25, -0.2) is 0 Å². The van der Waals surface area contributed by atoms with Crippen molar-refractivity contribution in [2.45, 2.75) is 12.5 Å². The first kappa shape index (κ1) is 11.1. The number of nitrogens with zero attached hydrogens (tertiary/aromatic N) is 1. The lowest BCUT2D eigenvalue weighted by molar-refractivity contribution is 0.0924. The lowest BCUT2D eigenvalue weighted by Gasteiger charge is -2.23. The zero-order valence-electron chi connectivity index (χ0n) is 10.6. The Hall–Kier alpha value is -1.81. The molecule has 3 heterocycles. The van der Waals surface area contributed by atoms with Gasteiger partial charge in [0.1, 0.15) is 5.58 Å². The summed E-state index contributed by atoms with van der Waals surface area (Å²) in [6, 6.07) is 7.82. The Morgan fingerprint density at radius 1 is 1.32 bits per heavy atom. The molecule has 2 aliphatic heterocycles. The Kier molecular flexibility index (Phi) is 2.38. The van der Waals surface area contributed by atoms with E-state index in [0.717, 1.165) is 24.1 Å². The zero-order chi connectivity index (χ0) is 12.8. The Balaban J connectivity index is 1.53. The van der Waals surface area contributed by atoms with Crippen LogP contribution in [0.2, 0.25) is 0 Å². The van der Waals surface area contributed by atoms with Gasteiger partial charge in [0.15, 0.2) is 0 Å². The molecule has 98 valence electrons. The van der Waals surface area contributed by atoms with E-state index in [0.29, 0.717) is 17.5 Å². The first-order chi connectivity index (χ1) is 9.29. The highest BCUT2D eigenvalue weighted by Crippen LogP contribution is 2.28. The third-order valence-corrected chi connectivity index (χ3v) is 4.37. The average molecular weight is 256 g/mol. The van der Waals surface area contributed by atoms with Gasteiger partial charge < -0.3 is 14.6 Å². The van der Waals surface area contributed by atoms with Crippen LogP contribution in [0, 0.1) is 5.92 Å². The number of benzene rings is 1. The maximum Gasteiger partial charge on any atom is 0.251 e. The molecule has 2 saturated heterocycles. The lowest BCUT2D eigenvalue weighted by atomic mass is 9.99. The van der Waals surface area contributed by atoms with E-state index in [4.69, 9.17) is 4.42 Å². The molecular weight excluding hydrogens is 240 g/mol. The predicted octanol–water partition coefficient (Wildman–Crippen LogP) is 1.87. The molecule has 1 aromatic heterocycles. The van der Waals surface area contributed by atoms with Crippen LogP contribution >= 0.6 is 0 Å². The van der Waals surface area contributed by atoms with E-state index in [-0.39, 0.29) is 5.91 Å². The highest BCUT2D eigenvalue weighted by atomic mass is 16.3. The van der Waals surface area contributed by atoms with Crippen LogP contribution in [0.4, 0.5) is 0 Å². The Morgan fingerprint density at radius 2 is 2.26 bits per heavy atom. The molecule has 4 heteroatoms. The summed E-state index contributed by atoms with van der Waals surface area (Å²) in [5.74, 6) is 0.647. The molecule has 4 rings (SSSR count). The van der Waals surface area contributed by atoms with E-state index < -0.39 is 0 Å². The summed E-state index contributed by atoms with van der Waals surface area (Å²) in [4.78, 5) is 14.7. The van der Waals surface area contributed by atoms with E-state index in [1.165, 1.54) is 13.0 Å². The van der Waals surface area contributed by atoms with Crippen molar-refractivity contribution >= 4 is 16.9 Å². The Labute approximate surface area is 111 Å². The van der Waals surface area contributed by atoms with Gasteiger partial charge in [-0.2, -0.15) is 0 Å². The summed E-state index contributed by atoms with van der Waals surface area (Å²) in [6.45, 7) is 3.33. The molecule has 19 heavy (non-hydrogen) atoms. The van der Waals surface area contributed by atoms with Gasteiger partial charge in [0.2, 0.25) is 0 Å². The van der Waals surface area contributed by atoms with E-state index >= 15 is 0 Å². The van der Waals surface area contributed by atoms with Crippen molar-refractivity contribution in [2.24, 2.45) is 5.92 Å². The molecule has 0 spiro atoms. The number of piperidine rings is 1. The zero-order valence-corrected chi connectivity index (χ0v) is 10.6. The summed E-state index contributed by atoms with van der Waals surface area (Å²) in [6.07, 6.45) is 2.86. The Morgan fingerprint density at radius 3 is 3.05 bits per heavy atom. The minimum atomic E-state index is 0.0112. The first-order valence-corrected chi connectivity index (χ1v) is 6.80. The summed E-state index contributed by atoms with van der Waals surface area (Å²) in [5.41, 5.74) is 1.45. The number of amides is 1. The van der Waals surface area contributed by atoms with Gasteiger partial charge in [0.25, 0.3) is 5.91 Å². The number of carbonyl (C=O) groups is 1. The van der Waals surface area contributed by atoms with Gasteiger partial charge in [-0.3, -0.25) is 4.79 Å². The van der Waals surface area contributed by atoms with Crippen molar-refractivity contribution in [3.05, 3.63) is 36.1 Å². The second-order valence-corrected chi connectivity index (χ2v) is 5.56. The molecule has 4 nitrogen and oxygen atoms in total. The molecule has 1 aromatic carbocycles. The molecular formula is C15H16N2O2. The highest BCUT2D eigenvalue weighted by Gasteiger charge is 2.38. The first-order valence-electron chi connectivity index (χ1n) is 6.80. The van der Waals surface area contributed by atoms with Gasteiger partial charge >= 0.3 is 0 Å². The molecule has 2 fully saturated rings. The van der Waals surface area contributed by atoms with Crippen molar-refractivity contribution in [2.75, 3.05) is 19.6 Å². The van der Waals surface area contributed by atoms with Crippen LogP contribution in [-0.4, -0.2) is 36.5 Å². The van der Waals surface area contributed by atoms with E-state index in [1.807, 2.05) is 24.3 Å². The maximum absolute atomic E-state index is 12.3. The van der Waals surface area contributed by atoms with Crippen molar-refractivity contribution < 1.29 is 9.21 Å². The fourth-order valence-electron chi connectivity index (χ4n) is 3.30. The number of hydrogen-bond acceptors (Lipinski definition) is 3. The van der Waals surface area contributed by atoms with E-state index in [2.05, 4.69) is 10.2 Å².